The summed E-state index contributed by atoms with van der Waals surface area (Å²) in [7, 11) is 0. The molecule has 0 amide bonds. The maximum absolute atomic E-state index is 4.19. The maximum atomic E-state index is 4.19. The zero-order valence-electron chi connectivity index (χ0n) is 5.71. The van der Waals surface area contributed by atoms with Gasteiger partial charge in [0.15, 0.2) is 0 Å². The fraction of sp³-hybridized carbons (Fsp3) is 0.143. The summed E-state index contributed by atoms with van der Waals surface area (Å²) in [5, 5.41) is 7.74. The Bertz CT molecular complexity index is 368. The zero-order valence-corrected chi connectivity index (χ0v) is 7.30. The molecule has 0 aliphatic heterocycles. The van der Waals surface area contributed by atoms with E-state index >= 15 is 0 Å². The van der Waals surface area contributed by atoms with Gasteiger partial charge in [0.1, 0.15) is 11.0 Å². The molecule has 0 aliphatic rings. The molecule has 0 atom stereocenters. The molecule has 2 heterocycles. The van der Waals surface area contributed by atoms with Crippen molar-refractivity contribution in [1.82, 2.24) is 15.2 Å². The fourth-order valence-corrected chi connectivity index (χ4v) is 1.38. The minimum absolute atomic E-state index is 0.764. The third-order valence-corrected chi connectivity index (χ3v) is 2.08. The summed E-state index contributed by atoms with van der Waals surface area (Å²) in [6, 6.07) is 3.81. The number of nitrogens with zero attached hydrogens (tertiary/aromatic N) is 2. The van der Waals surface area contributed by atoms with E-state index in [1.807, 2.05) is 12.1 Å². The minimum Gasteiger partial charge on any atom is -0.279 e. The molecule has 0 bridgehead atoms. The number of pyridine rings is 1. The quantitative estimate of drug-likeness (QED) is 0.733. The van der Waals surface area contributed by atoms with Crippen molar-refractivity contribution in [3.05, 3.63) is 24.0 Å². The number of halogens is 1. The van der Waals surface area contributed by atoms with Crippen LogP contribution in [-0.2, 0) is 5.33 Å². The number of aromatic amines is 1. The summed E-state index contributed by atoms with van der Waals surface area (Å²) in [6.45, 7) is 0. The Morgan fingerprint density at radius 2 is 2.45 bits per heavy atom. The van der Waals surface area contributed by atoms with Crippen molar-refractivity contribution < 1.29 is 0 Å². The maximum Gasteiger partial charge on any atom is 0.112 e. The Labute approximate surface area is 72.0 Å². The minimum atomic E-state index is 0.764. The molecular weight excluding hydrogens is 206 g/mol. The number of aromatic nitrogens is 3. The number of H-pyrrole nitrogens is 1. The molecule has 0 unspecified atom stereocenters. The van der Waals surface area contributed by atoms with E-state index in [1.54, 1.807) is 6.20 Å². The summed E-state index contributed by atoms with van der Waals surface area (Å²) in [5.41, 5.74) is 2.90. The van der Waals surface area contributed by atoms with Crippen LogP contribution in [0.4, 0.5) is 0 Å². The van der Waals surface area contributed by atoms with Crippen molar-refractivity contribution >= 4 is 27.0 Å². The molecule has 56 valence electrons. The van der Waals surface area contributed by atoms with Crippen LogP contribution in [0, 0.1) is 0 Å². The van der Waals surface area contributed by atoms with Gasteiger partial charge in [-0.1, -0.05) is 15.9 Å². The van der Waals surface area contributed by atoms with Crippen LogP contribution < -0.4 is 0 Å². The first-order valence-electron chi connectivity index (χ1n) is 3.26. The van der Waals surface area contributed by atoms with Crippen LogP contribution in [-0.4, -0.2) is 15.2 Å². The molecule has 0 saturated carbocycles. The number of hydrogen-bond donors (Lipinski definition) is 1. The van der Waals surface area contributed by atoms with Crippen LogP contribution in [0.5, 0.6) is 0 Å². The van der Waals surface area contributed by atoms with Crippen molar-refractivity contribution in [3.63, 3.8) is 0 Å². The molecule has 0 aliphatic carbocycles. The van der Waals surface area contributed by atoms with Crippen molar-refractivity contribution in [2.45, 2.75) is 5.33 Å². The molecule has 0 fully saturated rings. The summed E-state index contributed by atoms with van der Waals surface area (Å²) in [4.78, 5) is 4.19. The van der Waals surface area contributed by atoms with Crippen LogP contribution in [0.3, 0.4) is 0 Å². The molecule has 3 nitrogen and oxygen atoms in total. The average molecular weight is 212 g/mol. The smallest absolute Gasteiger partial charge is 0.112 e. The first kappa shape index (κ1) is 6.79. The monoisotopic (exact) mass is 211 g/mol. The van der Waals surface area contributed by atoms with Gasteiger partial charge < -0.3 is 0 Å². The van der Waals surface area contributed by atoms with Gasteiger partial charge in [-0.2, -0.15) is 5.10 Å². The van der Waals surface area contributed by atoms with Gasteiger partial charge in [0.2, 0.25) is 0 Å². The third kappa shape index (κ3) is 1.03. The first-order valence-corrected chi connectivity index (χ1v) is 4.38. The summed E-state index contributed by atoms with van der Waals surface area (Å²) >= 11 is 3.35. The molecule has 2 rings (SSSR count). The lowest BCUT2D eigenvalue weighted by Crippen LogP contribution is -1.78. The Kier molecular flexibility index (Phi) is 1.62. The van der Waals surface area contributed by atoms with Gasteiger partial charge in [0, 0.05) is 11.5 Å². The second-order valence-corrected chi connectivity index (χ2v) is 2.77. The lowest BCUT2D eigenvalue weighted by atomic mass is 10.3. The lowest BCUT2D eigenvalue weighted by Gasteiger charge is -1.87. The van der Waals surface area contributed by atoms with E-state index < -0.39 is 0 Å². The molecule has 1 N–H and O–H groups in total. The van der Waals surface area contributed by atoms with Gasteiger partial charge in [-0.3, -0.25) is 10.1 Å². The Balaban J connectivity index is 2.76. The number of hydrogen-bond acceptors (Lipinski definition) is 2. The zero-order chi connectivity index (χ0) is 7.68. The normalized spacial score (nSPS) is 10.6. The van der Waals surface area contributed by atoms with Crippen LogP contribution in [0.15, 0.2) is 18.3 Å². The predicted molar refractivity (Wildman–Crippen MR) is 46.5 cm³/mol. The van der Waals surface area contributed by atoms with Crippen LogP contribution in [0.2, 0.25) is 0 Å². The van der Waals surface area contributed by atoms with Gasteiger partial charge in [0.05, 0.1) is 5.69 Å². The summed E-state index contributed by atoms with van der Waals surface area (Å²) in [5.74, 6) is 0. The largest absolute Gasteiger partial charge is 0.279 e. The van der Waals surface area contributed by atoms with E-state index in [1.165, 1.54) is 0 Å². The highest BCUT2D eigenvalue weighted by Gasteiger charge is 2.02. The molecule has 2 aromatic rings. The number of fused-ring (bicyclic) bond motifs is 1. The molecule has 0 saturated heterocycles. The highest BCUT2D eigenvalue weighted by molar-refractivity contribution is 9.08. The average Bonchev–Trinajstić information content (AvgIpc) is 2.47. The van der Waals surface area contributed by atoms with E-state index in [4.69, 9.17) is 0 Å². The van der Waals surface area contributed by atoms with E-state index in [0.717, 1.165) is 22.1 Å². The fourth-order valence-electron chi connectivity index (χ4n) is 0.993. The summed E-state index contributed by atoms with van der Waals surface area (Å²) in [6.07, 6.45) is 1.77. The van der Waals surface area contributed by atoms with Gasteiger partial charge in [0.25, 0.3) is 0 Å². The van der Waals surface area contributed by atoms with Crippen LogP contribution in [0.1, 0.15) is 5.69 Å². The molecule has 0 spiro atoms. The van der Waals surface area contributed by atoms with Crippen molar-refractivity contribution in [2.75, 3.05) is 0 Å². The SMILES string of the molecule is BrCc1[nH]nc2cccnc12. The third-order valence-electron chi connectivity index (χ3n) is 1.52. The Morgan fingerprint density at radius 3 is 3.27 bits per heavy atom. The van der Waals surface area contributed by atoms with Crippen LogP contribution >= 0.6 is 15.9 Å². The number of nitrogens with one attached hydrogen (secondary N) is 1. The van der Waals surface area contributed by atoms with E-state index in [2.05, 4.69) is 31.1 Å². The van der Waals surface area contributed by atoms with E-state index in [0.29, 0.717) is 0 Å². The molecule has 4 heteroatoms. The van der Waals surface area contributed by atoms with Gasteiger partial charge in [-0.05, 0) is 12.1 Å². The number of alkyl halides is 1. The number of rotatable bonds is 1. The molecule has 0 radical (unpaired) electrons. The van der Waals surface area contributed by atoms with Crippen LogP contribution in [0.25, 0.3) is 11.0 Å². The topological polar surface area (TPSA) is 41.6 Å². The van der Waals surface area contributed by atoms with Crippen molar-refractivity contribution in [2.24, 2.45) is 0 Å². The predicted octanol–water partition coefficient (Wildman–Crippen LogP) is 1.85. The second kappa shape index (κ2) is 2.62. The van der Waals surface area contributed by atoms with Crippen molar-refractivity contribution in [3.8, 4) is 0 Å². The molecule has 2 aromatic heterocycles. The van der Waals surface area contributed by atoms with E-state index in [-0.39, 0.29) is 0 Å². The molecule has 11 heavy (non-hydrogen) atoms. The molecular formula is C7H6BrN3. The Morgan fingerprint density at radius 1 is 1.55 bits per heavy atom. The first-order chi connectivity index (χ1) is 5.42. The van der Waals surface area contributed by atoms with Crippen molar-refractivity contribution in [1.29, 1.82) is 0 Å². The highest BCUT2D eigenvalue weighted by atomic mass is 79.9. The van der Waals surface area contributed by atoms with Gasteiger partial charge >= 0.3 is 0 Å². The summed E-state index contributed by atoms with van der Waals surface area (Å²) < 4.78 is 0. The lowest BCUT2D eigenvalue weighted by molar-refractivity contribution is 1.06. The van der Waals surface area contributed by atoms with Gasteiger partial charge in [-0.15, -0.1) is 0 Å². The Hall–Kier alpha value is -0.900. The highest BCUT2D eigenvalue weighted by Crippen LogP contribution is 2.13. The second-order valence-electron chi connectivity index (χ2n) is 2.21. The molecule has 0 aromatic carbocycles. The standard InChI is InChI=1S/C7H6BrN3/c8-4-6-7-5(10-11-6)2-1-3-9-7/h1-3H,4H2,(H,10,11). The van der Waals surface area contributed by atoms with Gasteiger partial charge in [-0.25, -0.2) is 0 Å². The van der Waals surface area contributed by atoms with E-state index in [9.17, 15) is 0 Å².